The Balaban J connectivity index is 2.70. The van der Waals surface area contributed by atoms with Crippen LogP contribution in [0.4, 0.5) is 0 Å². The molecule has 102 valence electrons. The van der Waals surface area contributed by atoms with Gasteiger partial charge < -0.3 is 15.2 Å². The van der Waals surface area contributed by atoms with Gasteiger partial charge in [0.1, 0.15) is 5.75 Å². The molecule has 3 heteroatoms. The summed E-state index contributed by atoms with van der Waals surface area (Å²) in [4.78, 5) is 0. The van der Waals surface area contributed by atoms with Gasteiger partial charge in [-0.2, -0.15) is 0 Å². The average Bonchev–Trinajstić information content (AvgIpc) is 2.34. The predicted molar refractivity (Wildman–Crippen MR) is 75.0 cm³/mol. The standard InChI is InChI=1S/C15H25NO2/c1-11(2)14(16-10-12(3)17)9-13-7-5-6-8-15(13)18-4/h5-8,11-12,14,16-17H,9-10H2,1-4H3. The maximum absolute atomic E-state index is 9.36. The van der Waals surface area contributed by atoms with E-state index < -0.39 is 0 Å². The highest BCUT2D eigenvalue weighted by atomic mass is 16.5. The van der Waals surface area contributed by atoms with Crippen molar-refractivity contribution in [3.8, 4) is 5.75 Å². The zero-order valence-electron chi connectivity index (χ0n) is 11.8. The summed E-state index contributed by atoms with van der Waals surface area (Å²) in [6, 6.07) is 8.44. The molecule has 0 aromatic heterocycles. The summed E-state index contributed by atoms with van der Waals surface area (Å²) in [5, 5.41) is 12.8. The van der Waals surface area contributed by atoms with E-state index in [1.807, 2.05) is 18.2 Å². The van der Waals surface area contributed by atoms with Gasteiger partial charge >= 0.3 is 0 Å². The normalized spacial score (nSPS) is 14.6. The second-order valence-electron chi connectivity index (χ2n) is 5.12. The van der Waals surface area contributed by atoms with Crippen molar-refractivity contribution in [1.82, 2.24) is 5.32 Å². The van der Waals surface area contributed by atoms with Crippen molar-refractivity contribution in [2.45, 2.75) is 39.3 Å². The molecule has 0 aliphatic rings. The maximum atomic E-state index is 9.36. The smallest absolute Gasteiger partial charge is 0.122 e. The summed E-state index contributed by atoms with van der Waals surface area (Å²) in [6.45, 7) is 6.80. The van der Waals surface area contributed by atoms with Crippen LogP contribution >= 0.6 is 0 Å². The molecule has 0 fully saturated rings. The van der Waals surface area contributed by atoms with E-state index in [1.54, 1.807) is 14.0 Å². The molecule has 0 heterocycles. The monoisotopic (exact) mass is 251 g/mol. The molecule has 3 nitrogen and oxygen atoms in total. The number of hydrogen-bond acceptors (Lipinski definition) is 3. The van der Waals surface area contributed by atoms with Crippen LogP contribution in [0.3, 0.4) is 0 Å². The molecular formula is C15H25NO2. The van der Waals surface area contributed by atoms with Crippen molar-refractivity contribution in [2.75, 3.05) is 13.7 Å². The Hall–Kier alpha value is -1.06. The largest absolute Gasteiger partial charge is 0.496 e. The number of methoxy groups -OCH3 is 1. The van der Waals surface area contributed by atoms with Gasteiger partial charge in [-0.25, -0.2) is 0 Å². The summed E-state index contributed by atoms with van der Waals surface area (Å²) in [5.74, 6) is 1.44. The van der Waals surface area contributed by atoms with E-state index in [0.717, 1.165) is 12.2 Å². The van der Waals surface area contributed by atoms with Crippen molar-refractivity contribution in [1.29, 1.82) is 0 Å². The summed E-state index contributed by atoms with van der Waals surface area (Å²) in [6.07, 6.45) is 0.595. The molecule has 0 amide bonds. The summed E-state index contributed by atoms with van der Waals surface area (Å²) < 4.78 is 5.37. The highest BCUT2D eigenvalue weighted by molar-refractivity contribution is 5.33. The fraction of sp³-hybridized carbons (Fsp3) is 0.600. The first-order valence-electron chi connectivity index (χ1n) is 6.58. The Morgan fingerprint density at radius 1 is 1.22 bits per heavy atom. The number of rotatable bonds is 7. The molecule has 0 bridgehead atoms. The topological polar surface area (TPSA) is 41.5 Å². The van der Waals surface area contributed by atoms with Crippen LogP contribution in [0, 0.1) is 5.92 Å². The third kappa shape index (κ3) is 4.67. The minimum Gasteiger partial charge on any atom is -0.496 e. The van der Waals surface area contributed by atoms with Crippen molar-refractivity contribution in [3.05, 3.63) is 29.8 Å². The summed E-state index contributed by atoms with van der Waals surface area (Å²) in [5.41, 5.74) is 1.21. The molecule has 0 spiro atoms. The van der Waals surface area contributed by atoms with Gasteiger partial charge in [0.05, 0.1) is 13.2 Å². The molecule has 1 aromatic carbocycles. The molecule has 0 aliphatic carbocycles. The maximum Gasteiger partial charge on any atom is 0.122 e. The Morgan fingerprint density at radius 3 is 2.44 bits per heavy atom. The lowest BCUT2D eigenvalue weighted by Gasteiger charge is -2.24. The molecule has 0 saturated carbocycles. The van der Waals surface area contributed by atoms with Crippen molar-refractivity contribution < 1.29 is 9.84 Å². The molecule has 1 rings (SSSR count). The van der Waals surface area contributed by atoms with Gasteiger partial charge in [-0.1, -0.05) is 32.0 Å². The van der Waals surface area contributed by atoms with Crippen molar-refractivity contribution in [2.24, 2.45) is 5.92 Å². The van der Waals surface area contributed by atoms with Gasteiger partial charge in [-0.15, -0.1) is 0 Å². The Morgan fingerprint density at radius 2 is 1.89 bits per heavy atom. The molecule has 2 N–H and O–H groups in total. The van der Waals surface area contributed by atoms with Gasteiger partial charge in [0.15, 0.2) is 0 Å². The Kier molecular flexibility index (Phi) is 6.16. The second-order valence-corrected chi connectivity index (χ2v) is 5.12. The minimum absolute atomic E-state index is 0.316. The highest BCUT2D eigenvalue weighted by Gasteiger charge is 2.16. The number of ether oxygens (including phenoxy) is 1. The van der Waals surface area contributed by atoms with Crippen LogP contribution in [-0.2, 0) is 6.42 Å². The molecule has 1 aromatic rings. The zero-order chi connectivity index (χ0) is 13.5. The summed E-state index contributed by atoms with van der Waals surface area (Å²) >= 11 is 0. The highest BCUT2D eigenvalue weighted by Crippen LogP contribution is 2.20. The SMILES string of the molecule is COc1ccccc1CC(NCC(C)O)C(C)C. The van der Waals surface area contributed by atoms with Gasteiger partial charge in [0.25, 0.3) is 0 Å². The van der Waals surface area contributed by atoms with E-state index in [0.29, 0.717) is 18.5 Å². The fourth-order valence-corrected chi connectivity index (χ4v) is 1.97. The van der Waals surface area contributed by atoms with Crippen LogP contribution in [0.1, 0.15) is 26.3 Å². The van der Waals surface area contributed by atoms with Crippen LogP contribution in [0.25, 0.3) is 0 Å². The number of hydrogen-bond donors (Lipinski definition) is 2. The van der Waals surface area contributed by atoms with E-state index in [4.69, 9.17) is 4.74 Å². The lowest BCUT2D eigenvalue weighted by atomic mass is 9.95. The van der Waals surface area contributed by atoms with Crippen LogP contribution in [0.5, 0.6) is 5.75 Å². The molecule has 2 atom stereocenters. The number of para-hydroxylation sites is 1. The fourth-order valence-electron chi connectivity index (χ4n) is 1.97. The lowest BCUT2D eigenvalue weighted by molar-refractivity contribution is 0.181. The lowest BCUT2D eigenvalue weighted by Crippen LogP contribution is -2.39. The zero-order valence-corrected chi connectivity index (χ0v) is 11.8. The van der Waals surface area contributed by atoms with E-state index >= 15 is 0 Å². The van der Waals surface area contributed by atoms with Crippen LogP contribution < -0.4 is 10.1 Å². The van der Waals surface area contributed by atoms with Crippen LogP contribution in [-0.4, -0.2) is 30.9 Å². The first-order chi connectivity index (χ1) is 8.54. The summed E-state index contributed by atoms with van der Waals surface area (Å²) in [7, 11) is 1.70. The first kappa shape index (κ1) is 15.0. The van der Waals surface area contributed by atoms with Crippen LogP contribution in [0.15, 0.2) is 24.3 Å². The Labute approximate surface area is 110 Å². The second kappa shape index (κ2) is 7.39. The average molecular weight is 251 g/mol. The van der Waals surface area contributed by atoms with E-state index in [9.17, 15) is 5.11 Å². The van der Waals surface area contributed by atoms with Crippen LogP contribution in [0.2, 0.25) is 0 Å². The van der Waals surface area contributed by atoms with E-state index in [2.05, 4.69) is 25.2 Å². The number of aliphatic hydroxyl groups is 1. The number of benzene rings is 1. The number of aliphatic hydroxyl groups excluding tert-OH is 1. The van der Waals surface area contributed by atoms with Gasteiger partial charge in [-0.05, 0) is 30.9 Å². The first-order valence-corrected chi connectivity index (χ1v) is 6.58. The van der Waals surface area contributed by atoms with E-state index in [-0.39, 0.29) is 6.10 Å². The molecular weight excluding hydrogens is 226 g/mol. The minimum atomic E-state index is -0.316. The quantitative estimate of drug-likeness (QED) is 0.781. The van der Waals surface area contributed by atoms with Crippen molar-refractivity contribution >= 4 is 0 Å². The van der Waals surface area contributed by atoms with E-state index in [1.165, 1.54) is 5.56 Å². The van der Waals surface area contributed by atoms with Crippen molar-refractivity contribution in [3.63, 3.8) is 0 Å². The molecule has 2 unspecified atom stereocenters. The predicted octanol–water partition coefficient (Wildman–Crippen LogP) is 2.23. The van der Waals surface area contributed by atoms with Gasteiger partial charge in [0.2, 0.25) is 0 Å². The third-order valence-electron chi connectivity index (χ3n) is 3.11. The van der Waals surface area contributed by atoms with Gasteiger partial charge in [0, 0.05) is 12.6 Å². The molecule has 18 heavy (non-hydrogen) atoms. The number of nitrogens with one attached hydrogen (secondary N) is 1. The van der Waals surface area contributed by atoms with Gasteiger partial charge in [-0.3, -0.25) is 0 Å². The third-order valence-corrected chi connectivity index (χ3v) is 3.11. The molecule has 0 saturated heterocycles. The molecule has 0 radical (unpaired) electrons. The molecule has 0 aliphatic heterocycles. The Bertz CT molecular complexity index is 350.